The maximum absolute atomic E-state index is 11.9. The molecule has 100 valence electrons. The lowest BCUT2D eigenvalue weighted by molar-refractivity contribution is 0.0659. The summed E-state index contributed by atoms with van der Waals surface area (Å²) in [6.07, 6.45) is 2.36. The van der Waals surface area contributed by atoms with E-state index < -0.39 is 11.9 Å². The van der Waals surface area contributed by atoms with E-state index in [0.29, 0.717) is 6.42 Å². The number of aromatic nitrogens is 1. The fraction of sp³-hybridized carbons (Fsp3) is 0.250. The third-order valence-corrected chi connectivity index (χ3v) is 3.39. The van der Waals surface area contributed by atoms with E-state index in [9.17, 15) is 9.59 Å². The van der Waals surface area contributed by atoms with Crippen LogP contribution in [0.15, 0.2) is 28.1 Å². The molecule has 2 N–H and O–H groups in total. The molecular weight excluding hydrogens is 268 g/mol. The van der Waals surface area contributed by atoms with Crippen LogP contribution in [0.3, 0.4) is 0 Å². The summed E-state index contributed by atoms with van der Waals surface area (Å²) in [6, 6.07) is 2.39. The molecule has 2 rings (SSSR count). The Bertz CT molecular complexity index is 576. The van der Waals surface area contributed by atoms with Crippen LogP contribution >= 0.6 is 11.3 Å². The summed E-state index contributed by atoms with van der Waals surface area (Å²) in [4.78, 5) is 26.7. The summed E-state index contributed by atoms with van der Waals surface area (Å²) in [5.74, 6) is -1.93. The fourth-order valence-electron chi connectivity index (χ4n) is 1.55. The molecule has 6 nitrogen and oxygen atoms in total. The molecule has 1 atom stereocenters. The van der Waals surface area contributed by atoms with E-state index in [1.807, 2.05) is 12.3 Å². The van der Waals surface area contributed by atoms with Crippen LogP contribution < -0.4 is 5.32 Å². The Morgan fingerprint density at radius 1 is 1.47 bits per heavy atom. The van der Waals surface area contributed by atoms with Crippen molar-refractivity contribution in [1.29, 1.82) is 0 Å². The number of nitrogens with zero attached hydrogens (tertiary/aromatic N) is 1. The van der Waals surface area contributed by atoms with Gasteiger partial charge in [0.05, 0.1) is 6.04 Å². The number of thiazole rings is 1. The maximum atomic E-state index is 11.9. The molecule has 1 unspecified atom stereocenters. The number of furan rings is 1. The van der Waals surface area contributed by atoms with Gasteiger partial charge in [0.1, 0.15) is 5.01 Å². The zero-order valence-electron chi connectivity index (χ0n) is 10.1. The molecule has 7 heteroatoms. The minimum atomic E-state index is -1.20. The summed E-state index contributed by atoms with van der Waals surface area (Å²) < 4.78 is 4.94. The monoisotopic (exact) mass is 280 g/mol. The Kier molecular flexibility index (Phi) is 3.96. The largest absolute Gasteiger partial charge is 0.475 e. The number of amides is 1. The quantitative estimate of drug-likeness (QED) is 0.876. The second-order valence-electron chi connectivity index (χ2n) is 3.77. The van der Waals surface area contributed by atoms with E-state index >= 15 is 0 Å². The first-order valence-electron chi connectivity index (χ1n) is 5.65. The Hall–Kier alpha value is -2.15. The number of carbonyl (C=O) groups is 2. The van der Waals surface area contributed by atoms with Crippen LogP contribution in [0.1, 0.15) is 45.5 Å². The summed E-state index contributed by atoms with van der Waals surface area (Å²) in [7, 11) is 0. The molecule has 2 aromatic heterocycles. The molecule has 0 spiro atoms. The van der Waals surface area contributed by atoms with Gasteiger partial charge in [0, 0.05) is 11.6 Å². The van der Waals surface area contributed by atoms with E-state index in [4.69, 9.17) is 9.52 Å². The highest BCUT2D eigenvalue weighted by molar-refractivity contribution is 7.09. The molecule has 0 saturated heterocycles. The SMILES string of the molecule is CCC(NC(=O)c1ccc(C(=O)O)o1)c1nccs1. The predicted octanol–water partition coefficient (Wildman–Crippen LogP) is 2.32. The van der Waals surface area contributed by atoms with Crippen molar-refractivity contribution in [2.24, 2.45) is 0 Å². The Morgan fingerprint density at radius 2 is 2.21 bits per heavy atom. The molecule has 0 aliphatic rings. The summed E-state index contributed by atoms with van der Waals surface area (Å²) in [5.41, 5.74) is 0. The lowest BCUT2D eigenvalue weighted by Gasteiger charge is -2.13. The molecule has 2 heterocycles. The van der Waals surface area contributed by atoms with Crippen molar-refractivity contribution in [3.05, 3.63) is 40.2 Å². The van der Waals surface area contributed by atoms with Gasteiger partial charge < -0.3 is 14.8 Å². The summed E-state index contributed by atoms with van der Waals surface area (Å²) in [5, 5.41) is 14.1. The smallest absolute Gasteiger partial charge is 0.371 e. The molecule has 0 saturated carbocycles. The first-order chi connectivity index (χ1) is 9.11. The third kappa shape index (κ3) is 3.00. The van der Waals surface area contributed by atoms with Crippen LogP contribution in [-0.2, 0) is 0 Å². The lowest BCUT2D eigenvalue weighted by atomic mass is 10.2. The van der Waals surface area contributed by atoms with Gasteiger partial charge in [0.2, 0.25) is 5.76 Å². The van der Waals surface area contributed by atoms with Gasteiger partial charge in [0.25, 0.3) is 5.91 Å². The fourth-order valence-corrected chi connectivity index (χ4v) is 2.32. The average molecular weight is 280 g/mol. The van der Waals surface area contributed by atoms with Crippen molar-refractivity contribution in [3.8, 4) is 0 Å². The molecule has 0 fully saturated rings. The van der Waals surface area contributed by atoms with Crippen molar-refractivity contribution in [2.75, 3.05) is 0 Å². The van der Waals surface area contributed by atoms with Crippen molar-refractivity contribution in [3.63, 3.8) is 0 Å². The van der Waals surface area contributed by atoms with Gasteiger partial charge in [-0.25, -0.2) is 9.78 Å². The van der Waals surface area contributed by atoms with E-state index in [1.165, 1.54) is 23.5 Å². The van der Waals surface area contributed by atoms with Gasteiger partial charge in [-0.15, -0.1) is 11.3 Å². The molecule has 19 heavy (non-hydrogen) atoms. The van der Waals surface area contributed by atoms with Gasteiger partial charge in [-0.2, -0.15) is 0 Å². The topological polar surface area (TPSA) is 92.4 Å². The number of aromatic carboxylic acids is 1. The predicted molar refractivity (Wildman–Crippen MR) is 68.3 cm³/mol. The average Bonchev–Trinajstić information content (AvgIpc) is 3.05. The Balaban J connectivity index is 2.09. The van der Waals surface area contributed by atoms with Crippen molar-refractivity contribution < 1.29 is 19.1 Å². The molecule has 2 aromatic rings. The van der Waals surface area contributed by atoms with E-state index in [2.05, 4.69) is 10.3 Å². The molecule has 0 bridgehead atoms. The van der Waals surface area contributed by atoms with Crippen LogP contribution in [-0.4, -0.2) is 22.0 Å². The molecule has 0 aromatic carbocycles. The van der Waals surface area contributed by atoms with Crippen molar-refractivity contribution in [1.82, 2.24) is 10.3 Å². The molecular formula is C12H12N2O4S. The molecule has 0 aliphatic carbocycles. The summed E-state index contributed by atoms with van der Waals surface area (Å²) >= 11 is 1.45. The van der Waals surface area contributed by atoms with E-state index in [-0.39, 0.29) is 17.6 Å². The van der Waals surface area contributed by atoms with Crippen LogP contribution in [0.5, 0.6) is 0 Å². The Morgan fingerprint density at radius 3 is 2.74 bits per heavy atom. The number of hydrogen-bond acceptors (Lipinski definition) is 5. The van der Waals surface area contributed by atoms with Crippen LogP contribution in [0.4, 0.5) is 0 Å². The standard InChI is InChI=1S/C12H12N2O4S/c1-2-7(11-13-5-6-19-11)14-10(15)8-3-4-9(18-8)12(16)17/h3-7H,2H2,1H3,(H,14,15)(H,16,17). The minimum absolute atomic E-state index is 0.0209. The maximum Gasteiger partial charge on any atom is 0.371 e. The number of carbonyl (C=O) groups excluding carboxylic acids is 1. The minimum Gasteiger partial charge on any atom is -0.475 e. The van der Waals surface area contributed by atoms with E-state index in [0.717, 1.165) is 5.01 Å². The molecule has 1 amide bonds. The number of nitrogens with one attached hydrogen (secondary N) is 1. The summed E-state index contributed by atoms with van der Waals surface area (Å²) in [6.45, 7) is 1.93. The number of carboxylic acid groups (broad SMARTS) is 1. The van der Waals surface area contributed by atoms with Gasteiger partial charge in [0.15, 0.2) is 5.76 Å². The highest BCUT2D eigenvalue weighted by Gasteiger charge is 2.19. The zero-order chi connectivity index (χ0) is 13.8. The van der Waals surface area contributed by atoms with Crippen molar-refractivity contribution >= 4 is 23.2 Å². The highest BCUT2D eigenvalue weighted by Crippen LogP contribution is 2.19. The van der Waals surface area contributed by atoms with Crippen LogP contribution in [0, 0.1) is 0 Å². The molecule has 0 radical (unpaired) electrons. The van der Waals surface area contributed by atoms with Gasteiger partial charge in [-0.3, -0.25) is 4.79 Å². The second-order valence-corrected chi connectivity index (χ2v) is 4.70. The molecule has 0 aliphatic heterocycles. The van der Waals surface area contributed by atoms with Gasteiger partial charge in [-0.1, -0.05) is 6.92 Å². The number of rotatable bonds is 5. The zero-order valence-corrected chi connectivity index (χ0v) is 10.9. The number of hydrogen-bond donors (Lipinski definition) is 2. The first-order valence-corrected chi connectivity index (χ1v) is 6.53. The van der Waals surface area contributed by atoms with Gasteiger partial charge >= 0.3 is 5.97 Å². The second kappa shape index (κ2) is 5.66. The highest BCUT2D eigenvalue weighted by atomic mass is 32.1. The van der Waals surface area contributed by atoms with Crippen molar-refractivity contribution in [2.45, 2.75) is 19.4 Å². The normalized spacial score (nSPS) is 12.1. The van der Waals surface area contributed by atoms with Gasteiger partial charge in [-0.05, 0) is 18.6 Å². The van der Waals surface area contributed by atoms with Crippen LogP contribution in [0.25, 0.3) is 0 Å². The third-order valence-electron chi connectivity index (χ3n) is 2.50. The first kappa shape index (κ1) is 13.3. The lowest BCUT2D eigenvalue weighted by Crippen LogP contribution is -2.27. The Labute approximate surface area is 113 Å². The van der Waals surface area contributed by atoms with E-state index in [1.54, 1.807) is 6.20 Å². The van der Waals surface area contributed by atoms with Crippen LogP contribution in [0.2, 0.25) is 0 Å². The number of carboxylic acids is 1.